The van der Waals surface area contributed by atoms with Crippen LogP contribution in [0.4, 0.5) is 0 Å². The molecule has 0 aliphatic heterocycles. The Morgan fingerprint density at radius 3 is 2.89 bits per heavy atom. The summed E-state index contributed by atoms with van der Waals surface area (Å²) in [5, 5.41) is 13.9. The van der Waals surface area contributed by atoms with Crippen molar-refractivity contribution in [1.82, 2.24) is 10.1 Å². The highest BCUT2D eigenvalue weighted by Gasteiger charge is 2.29. The van der Waals surface area contributed by atoms with Crippen LogP contribution in [0.2, 0.25) is 0 Å². The molecule has 1 N–H and O–H groups in total. The lowest BCUT2D eigenvalue weighted by Gasteiger charge is -2.24. The van der Waals surface area contributed by atoms with E-state index in [1.165, 1.54) is 0 Å². The predicted molar refractivity (Wildman–Crippen MR) is 64.0 cm³/mol. The molecule has 0 spiro atoms. The van der Waals surface area contributed by atoms with E-state index in [2.05, 4.69) is 10.1 Å². The van der Waals surface area contributed by atoms with E-state index in [-0.39, 0.29) is 12.0 Å². The van der Waals surface area contributed by atoms with Crippen molar-refractivity contribution in [2.75, 3.05) is 0 Å². The summed E-state index contributed by atoms with van der Waals surface area (Å²) < 4.78 is 10.5. The molecule has 1 saturated carbocycles. The zero-order chi connectivity index (χ0) is 12.5. The van der Waals surface area contributed by atoms with Crippen LogP contribution < -0.4 is 0 Å². The molecule has 2 aromatic heterocycles. The molecule has 2 aromatic rings. The first kappa shape index (κ1) is 11.5. The second-order valence-corrected chi connectivity index (χ2v) is 4.80. The monoisotopic (exact) mass is 248 g/mol. The summed E-state index contributed by atoms with van der Waals surface area (Å²) in [5.41, 5.74) is 0.843. The maximum atomic E-state index is 9.97. The summed E-state index contributed by atoms with van der Waals surface area (Å²) in [6, 6.07) is 1.82. The Bertz CT molecular complexity index is 532. The van der Waals surface area contributed by atoms with Crippen LogP contribution in [0.3, 0.4) is 0 Å². The van der Waals surface area contributed by atoms with Crippen molar-refractivity contribution in [1.29, 1.82) is 0 Å². The fourth-order valence-corrected chi connectivity index (χ4v) is 2.51. The minimum atomic E-state index is -0.363. The summed E-state index contributed by atoms with van der Waals surface area (Å²) in [7, 11) is 0. The Labute approximate surface area is 105 Å². The van der Waals surface area contributed by atoms with E-state index >= 15 is 0 Å². The molecule has 0 aromatic carbocycles. The maximum absolute atomic E-state index is 9.97. The highest BCUT2D eigenvalue weighted by Crippen LogP contribution is 2.33. The lowest BCUT2D eigenvalue weighted by Crippen LogP contribution is -2.22. The molecule has 5 heteroatoms. The van der Waals surface area contributed by atoms with Crippen LogP contribution in [-0.4, -0.2) is 21.4 Å². The van der Waals surface area contributed by atoms with Gasteiger partial charge < -0.3 is 14.0 Å². The average Bonchev–Trinajstić information content (AvgIpc) is 2.98. The second kappa shape index (κ2) is 4.57. The molecule has 0 saturated heterocycles. The number of aryl methyl sites for hydroxylation is 1. The molecule has 5 nitrogen and oxygen atoms in total. The molecular weight excluding hydrogens is 232 g/mol. The average molecular weight is 248 g/mol. The summed E-state index contributed by atoms with van der Waals surface area (Å²) in [6.45, 7) is 1.86. The first-order valence-corrected chi connectivity index (χ1v) is 6.32. The van der Waals surface area contributed by atoms with Gasteiger partial charge in [0.15, 0.2) is 0 Å². The lowest BCUT2D eigenvalue weighted by molar-refractivity contribution is 0.0908. The van der Waals surface area contributed by atoms with E-state index in [1.807, 2.05) is 13.0 Å². The third-order valence-corrected chi connectivity index (χ3v) is 3.59. The molecule has 1 aliphatic carbocycles. The normalized spacial score (nSPS) is 24.3. The lowest BCUT2D eigenvalue weighted by atomic mass is 9.86. The zero-order valence-electron chi connectivity index (χ0n) is 10.3. The quantitative estimate of drug-likeness (QED) is 0.884. The van der Waals surface area contributed by atoms with Gasteiger partial charge in [-0.1, -0.05) is 18.0 Å². The van der Waals surface area contributed by atoms with E-state index in [0.29, 0.717) is 11.7 Å². The van der Waals surface area contributed by atoms with Gasteiger partial charge in [0, 0.05) is 0 Å². The van der Waals surface area contributed by atoms with Gasteiger partial charge in [0.2, 0.25) is 11.7 Å². The van der Waals surface area contributed by atoms with Gasteiger partial charge >= 0.3 is 0 Å². The van der Waals surface area contributed by atoms with Crippen LogP contribution >= 0.6 is 0 Å². The summed E-state index contributed by atoms with van der Waals surface area (Å²) >= 11 is 0. The number of aliphatic hydroxyl groups is 1. The van der Waals surface area contributed by atoms with Gasteiger partial charge in [0.1, 0.15) is 5.76 Å². The first-order valence-electron chi connectivity index (χ1n) is 6.32. The van der Waals surface area contributed by atoms with Crippen molar-refractivity contribution < 1.29 is 14.0 Å². The van der Waals surface area contributed by atoms with Crippen LogP contribution in [-0.2, 0) is 0 Å². The van der Waals surface area contributed by atoms with Gasteiger partial charge in [0.05, 0.1) is 23.8 Å². The van der Waals surface area contributed by atoms with Gasteiger partial charge in [-0.05, 0) is 25.8 Å². The van der Waals surface area contributed by atoms with Crippen molar-refractivity contribution in [2.45, 2.75) is 44.6 Å². The predicted octanol–water partition coefficient (Wildman–Crippen LogP) is 2.66. The number of hydrogen-bond acceptors (Lipinski definition) is 5. The molecule has 0 bridgehead atoms. The second-order valence-electron chi connectivity index (χ2n) is 4.80. The SMILES string of the molecule is Cc1occc1-c1noc(C2CCCCC2O)n1. The topological polar surface area (TPSA) is 72.3 Å². The van der Waals surface area contributed by atoms with E-state index in [1.54, 1.807) is 6.26 Å². The number of rotatable bonds is 2. The molecule has 1 aliphatic rings. The Balaban J connectivity index is 1.87. The first-order chi connectivity index (χ1) is 8.75. The van der Waals surface area contributed by atoms with Gasteiger partial charge in [-0.25, -0.2) is 0 Å². The minimum absolute atomic E-state index is 0.0211. The van der Waals surface area contributed by atoms with Crippen molar-refractivity contribution in [3.63, 3.8) is 0 Å². The third-order valence-electron chi connectivity index (χ3n) is 3.59. The van der Waals surface area contributed by atoms with E-state index < -0.39 is 0 Å². The summed E-state index contributed by atoms with van der Waals surface area (Å²) in [6.07, 6.45) is 5.14. The molecule has 3 rings (SSSR count). The van der Waals surface area contributed by atoms with Gasteiger partial charge in [0.25, 0.3) is 0 Å². The van der Waals surface area contributed by atoms with E-state index in [4.69, 9.17) is 8.94 Å². The maximum Gasteiger partial charge on any atom is 0.232 e. The van der Waals surface area contributed by atoms with E-state index in [9.17, 15) is 5.11 Å². The molecule has 2 heterocycles. The van der Waals surface area contributed by atoms with Gasteiger partial charge in [-0.2, -0.15) is 4.98 Å². The smallest absolute Gasteiger partial charge is 0.232 e. The third kappa shape index (κ3) is 1.95. The van der Waals surface area contributed by atoms with Gasteiger partial charge in [-0.15, -0.1) is 0 Å². The molecule has 18 heavy (non-hydrogen) atoms. The summed E-state index contributed by atoms with van der Waals surface area (Å²) in [5.74, 6) is 1.82. The van der Waals surface area contributed by atoms with Crippen LogP contribution in [0.15, 0.2) is 21.3 Å². The molecule has 96 valence electrons. The number of nitrogens with zero attached hydrogens (tertiary/aromatic N) is 2. The molecule has 2 unspecified atom stereocenters. The number of furan rings is 1. The van der Waals surface area contributed by atoms with Crippen LogP contribution in [0.25, 0.3) is 11.4 Å². The Hall–Kier alpha value is -1.62. The highest BCUT2D eigenvalue weighted by atomic mass is 16.5. The van der Waals surface area contributed by atoms with Crippen LogP contribution in [0, 0.1) is 6.92 Å². The molecule has 2 atom stereocenters. The fourth-order valence-electron chi connectivity index (χ4n) is 2.51. The minimum Gasteiger partial charge on any atom is -0.469 e. The Kier molecular flexibility index (Phi) is 2.91. The van der Waals surface area contributed by atoms with Crippen LogP contribution in [0.5, 0.6) is 0 Å². The number of hydrogen-bond donors (Lipinski definition) is 1. The molecular formula is C13H16N2O3. The van der Waals surface area contributed by atoms with Crippen LogP contribution in [0.1, 0.15) is 43.3 Å². The van der Waals surface area contributed by atoms with Crippen molar-refractivity contribution >= 4 is 0 Å². The Morgan fingerprint density at radius 2 is 2.17 bits per heavy atom. The number of aromatic nitrogens is 2. The molecule has 0 amide bonds. The van der Waals surface area contributed by atoms with Crippen molar-refractivity contribution in [3.05, 3.63) is 24.0 Å². The van der Waals surface area contributed by atoms with E-state index in [0.717, 1.165) is 37.0 Å². The molecule has 0 radical (unpaired) electrons. The number of aliphatic hydroxyl groups excluding tert-OH is 1. The molecule has 1 fully saturated rings. The van der Waals surface area contributed by atoms with Crippen molar-refractivity contribution in [2.24, 2.45) is 0 Å². The van der Waals surface area contributed by atoms with Crippen molar-refractivity contribution in [3.8, 4) is 11.4 Å². The van der Waals surface area contributed by atoms with Gasteiger partial charge in [-0.3, -0.25) is 0 Å². The standard InChI is InChI=1S/C13H16N2O3/c1-8-9(6-7-17-8)12-14-13(18-15-12)10-4-2-3-5-11(10)16/h6-7,10-11,16H,2-5H2,1H3. The highest BCUT2D eigenvalue weighted by molar-refractivity contribution is 5.56. The largest absolute Gasteiger partial charge is 0.469 e. The Morgan fingerprint density at radius 1 is 1.33 bits per heavy atom. The summed E-state index contributed by atoms with van der Waals surface area (Å²) in [4.78, 5) is 4.39. The fraction of sp³-hybridized carbons (Fsp3) is 0.538. The zero-order valence-corrected chi connectivity index (χ0v) is 10.3.